The van der Waals surface area contributed by atoms with E-state index in [1.807, 2.05) is 29.2 Å². The molecule has 0 aliphatic carbocycles. The van der Waals surface area contributed by atoms with E-state index < -0.39 is 0 Å². The van der Waals surface area contributed by atoms with Crippen molar-refractivity contribution in [2.75, 3.05) is 53.0 Å². The molecule has 0 saturated carbocycles. The van der Waals surface area contributed by atoms with E-state index in [0.717, 1.165) is 70.1 Å². The van der Waals surface area contributed by atoms with Gasteiger partial charge in [0.05, 0.1) is 20.3 Å². The fourth-order valence-corrected chi connectivity index (χ4v) is 3.92. The van der Waals surface area contributed by atoms with Gasteiger partial charge in [-0.1, -0.05) is 17.3 Å². The van der Waals surface area contributed by atoms with Gasteiger partial charge in [0.2, 0.25) is 0 Å². The number of amides is 1. The number of rotatable bonds is 5. The predicted octanol–water partition coefficient (Wildman–Crippen LogP) is 2.53. The van der Waals surface area contributed by atoms with Crippen molar-refractivity contribution in [1.82, 2.24) is 15.0 Å². The zero-order valence-electron chi connectivity index (χ0n) is 16.3. The average molecular weight is 385 g/mol. The first-order chi connectivity index (χ1) is 13.7. The minimum Gasteiger partial charge on any atom is -0.497 e. The van der Waals surface area contributed by atoms with E-state index in [2.05, 4.69) is 10.1 Å². The van der Waals surface area contributed by atoms with Gasteiger partial charge in [0, 0.05) is 44.4 Å². The molecule has 1 amide bonds. The lowest BCUT2D eigenvalue weighted by atomic mass is 9.95. The molecule has 150 valence electrons. The van der Waals surface area contributed by atoms with Gasteiger partial charge in [0.15, 0.2) is 11.5 Å². The summed E-state index contributed by atoms with van der Waals surface area (Å²) in [6.07, 6.45) is 2.06. The zero-order chi connectivity index (χ0) is 19.3. The maximum absolute atomic E-state index is 12.8. The number of hydrogen-bond donors (Lipinski definition) is 0. The topological polar surface area (TPSA) is 68.0 Å². The van der Waals surface area contributed by atoms with Crippen LogP contribution in [0.5, 0.6) is 5.75 Å². The molecule has 2 fully saturated rings. The Balaban J connectivity index is 1.33. The summed E-state index contributed by atoms with van der Waals surface area (Å²) in [5.74, 6) is 1.91. The van der Waals surface area contributed by atoms with Crippen LogP contribution in [0.25, 0.3) is 11.3 Å². The lowest BCUT2D eigenvalue weighted by molar-refractivity contribution is 0.0242. The normalized spacial score (nSPS) is 19.0. The third kappa shape index (κ3) is 4.36. The second-order valence-electron chi connectivity index (χ2n) is 7.46. The fraction of sp³-hybridized carbons (Fsp3) is 0.524. The lowest BCUT2D eigenvalue weighted by Crippen LogP contribution is -2.44. The number of likely N-dealkylation sites (tertiary alicyclic amines) is 1. The van der Waals surface area contributed by atoms with Crippen molar-refractivity contribution >= 4 is 5.91 Å². The van der Waals surface area contributed by atoms with Crippen LogP contribution in [-0.4, -0.2) is 73.9 Å². The van der Waals surface area contributed by atoms with Gasteiger partial charge in [-0.05, 0) is 30.9 Å². The van der Waals surface area contributed by atoms with Gasteiger partial charge < -0.3 is 18.9 Å². The Morgan fingerprint density at radius 2 is 1.96 bits per heavy atom. The Bertz CT molecular complexity index is 792. The quantitative estimate of drug-likeness (QED) is 0.788. The van der Waals surface area contributed by atoms with E-state index in [0.29, 0.717) is 17.4 Å². The second-order valence-corrected chi connectivity index (χ2v) is 7.46. The number of hydrogen-bond acceptors (Lipinski definition) is 6. The summed E-state index contributed by atoms with van der Waals surface area (Å²) in [5.41, 5.74) is 1.21. The van der Waals surface area contributed by atoms with Crippen molar-refractivity contribution in [1.29, 1.82) is 0 Å². The number of aromatic nitrogens is 1. The Morgan fingerprint density at radius 3 is 2.71 bits per heavy atom. The molecule has 0 spiro atoms. The van der Waals surface area contributed by atoms with Crippen LogP contribution in [0, 0.1) is 5.92 Å². The highest BCUT2D eigenvalue weighted by Gasteiger charge is 2.27. The Kier molecular flexibility index (Phi) is 5.92. The molecular weight excluding hydrogens is 358 g/mol. The van der Waals surface area contributed by atoms with Gasteiger partial charge >= 0.3 is 0 Å². The van der Waals surface area contributed by atoms with Gasteiger partial charge in [-0.2, -0.15) is 0 Å². The monoisotopic (exact) mass is 385 g/mol. The molecule has 0 atom stereocenters. The van der Waals surface area contributed by atoms with Crippen LogP contribution in [0.4, 0.5) is 0 Å². The van der Waals surface area contributed by atoms with Crippen molar-refractivity contribution in [3.63, 3.8) is 0 Å². The van der Waals surface area contributed by atoms with Gasteiger partial charge in [0.25, 0.3) is 5.91 Å². The first kappa shape index (κ1) is 19.0. The molecule has 3 heterocycles. The molecular formula is C21H27N3O4. The molecule has 28 heavy (non-hydrogen) atoms. The third-order valence-corrected chi connectivity index (χ3v) is 5.61. The van der Waals surface area contributed by atoms with Crippen molar-refractivity contribution in [2.24, 2.45) is 5.92 Å². The molecule has 1 aromatic heterocycles. The minimum absolute atomic E-state index is 0.0530. The van der Waals surface area contributed by atoms with Crippen LogP contribution in [-0.2, 0) is 4.74 Å². The standard InChI is InChI=1S/C21H27N3O4/c1-26-18-4-2-3-17(13-18)20-14-19(22-28-20)21(25)24-7-5-16(6-8-24)15-23-9-11-27-12-10-23/h2-4,13-14,16H,5-12,15H2,1H3. The summed E-state index contributed by atoms with van der Waals surface area (Å²) in [6.45, 7) is 6.36. The van der Waals surface area contributed by atoms with Gasteiger partial charge in [0.1, 0.15) is 5.75 Å². The summed E-state index contributed by atoms with van der Waals surface area (Å²) < 4.78 is 16.1. The summed E-state index contributed by atoms with van der Waals surface area (Å²) in [4.78, 5) is 17.2. The molecule has 7 nitrogen and oxygen atoms in total. The number of morpholine rings is 1. The Hall–Kier alpha value is -2.38. The van der Waals surface area contributed by atoms with Crippen LogP contribution in [0.15, 0.2) is 34.9 Å². The van der Waals surface area contributed by atoms with E-state index in [1.54, 1.807) is 13.2 Å². The van der Waals surface area contributed by atoms with Crippen molar-refractivity contribution in [3.05, 3.63) is 36.0 Å². The van der Waals surface area contributed by atoms with E-state index in [9.17, 15) is 4.79 Å². The van der Waals surface area contributed by atoms with Gasteiger partial charge in [-0.15, -0.1) is 0 Å². The van der Waals surface area contributed by atoms with E-state index >= 15 is 0 Å². The van der Waals surface area contributed by atoms with Gasteiger partial charge in [-0.3, -0.25) is 9.69 Å². The van der Waals surface area contributed by atoms with E-state index in [1.165, 1.54) is 0 Å². The summed E-state index contributed by atoms with van der Waals surface area (Å²) in [5, 5.41) is 4.01. The summed E-state index contributed by atoms with van der Waals surface area (Å²) in [6, 6.07) is 9.25. The molecule has 7 heteroatoms. The third-order valence-electron chi connectivity index (χ3n) is 5.61. The first-order valence-corrected chi connectivity index (χ1v) is 9.93. The highest BCUT2D eigenvalue weighted by atomic mass is 16.5. The highest BCUT2D eigenvalue weighted by Crippen LogP contribution is 2.26. The van der Waals surface area contributed by atoms with Crippen molar-refractivity contribution in [2.45, 2.75) is 12.8 Å². The molecule has 2 aromatic rings. The number of methoxy groups -OCH3 is 1. The second kappa shape index (κ2) is 8.75. The van der Waals surface area contributed by atoms with Crippen LogP contribution >= 0.6 is 0 Å². The number of nitrogens with zero attached hydrogens (tertiary/aromatic N) is 3. The van der Waals surface area contributed by atoms with E-state index in [-0.39, 0.29) is 5.91 Å². The fourth-order valence-electron chi connectivity index (χ4n) is 3.92. The Morgan fingerprint density at radius 1 is 1.18 bits per heavy atom. The SMILES string of the molecule is COc1cccc(-c2cc(C(=O)N3CCC(CN4CCOCC4)CC3)no2)c1. The van der Waals surface area contributed by atoms with Crippen LogP contribution in [0.2, 0.25) is 0 Å². The highest BCUT2D eigenvalue weighted by molar-refractivity contribution is 5.93. The molecule has 0 bridgehead atoms. The smallest absolute Gasteiger partial charge is 0.276 e. The molecule has 2 saturated heterocycles. The number of piperidine rings is 1. The molecule has 2 aliphatic heterocycles. The van der Waals surface area contributed by atoms with Crippen LogP contribution in [0.3, 0.4) is 0 Å². The molecule has 1 aromatic carbocycles. The van der Waals surface area contributed by atoms with Crippen LogP contribution in [0.1, 0.15) is 23.3 Å². The van der Waals surface area contributed by atoms with Gasteiger partial charge in [-0.25, -0.2) is 0 Å². The number of ether oxygens (including phenoxy) is 2. The number of carbonyl (C=O) groups excluding carboxylic acids is 1. The summed E-state index contributed by atoms with van der Waals surface area (Å²) >= 11 is 0. The lowest BCUT2D eigenvalue weighted by Gasteiger charge is -2.35. The minimum atomic E-state index is -0.0530. The Labute approximate surface area is 165 Å². The van der Waals surface area contributed by atoms with Crippen molar-refractivity contribution in [3.8, 4) is 17.1 Å². The number of benzene rings is 1. The maximum Gasteiger partial charge on any atom is 0.276 e. The average Bonchev–Trinajstić information content (AvgIpc) is 3.25. The number of carbonyl (C=O) groups is 1. The zero-order valence-corrected chi connectivity index (χ0v) is 16.3. The molecule has 0 N–H and O–H groups in total. The molecule has 2 aliphatic rings. The maximum atomic E-state index is 12.8. The molecule has 0 radical (unpaired) electrons. The predicted molar refractivity (Wildman–Crippen MR) is 104 cm³/mol. The van der Waals surface area contributed by atoms with Crippen molar-refractivity contribution < 1.29 is 18.8 Å². The largest absolute Gasteiger partial charge is 0.497 e. The van der Waals surface area contributed by atoms with Crippen LogP contribution < -0.4 is 4.74 Å². The molecule has 4 rings (SSSR count). The summed E-state index contributed by atoms with van der Waals surface area (Å²) in [7, 11) is 1.62. The molecule has 0 unspecified atom stereocenters. The first-order valence-electron chi connectivity index (χ1n) is 9.93. The van der Waals surface area contributed by atoms with E-state index in [4.69, 9.17) is 14.0 Å².